The standard InChI is InChI=1S/C8H14Br2O2/c1-12-8(11)6-7(10)4-2-3-5-9/h7H,2-6H2,1H3. The van der Waals surface area contributed by atoms with Crippen LogP contribution in [0.4, 0.5) is 0 Å². The highest BCUT2D eigenvalue weighted by Crippen LogP contribution is 2.14. The van der Waals surface area contributed by atoms with Crippen LogP contribution >= 0.6 is 31.9 Å². The van der Waals surface area contributed by atoms with Crippen molar-refractivity contribution in [2.45, 2.75) is 30.5 Å². The Hall–Kier alpha value is 0.430. The summed E-state index contributed by atoms with van der Waals surface area (Å²) in [6.07, 6.45) is 3.79. The smallest absolute Gasteiger partial charge is 0.306 e. The molecule has 12 heavy (non-hydrogen) atoms. The average molecular weight is 302 g/mol. The van der Waals surface area contributed by atoms with Crippen molar-refractivity contribution in [3.8, 4) is 0 Å². The fourth-order valence-corrected chi connectivity index (χ4v) is 1.81. The Balaban J connectivity index is 3.32. The highest BCUT2D eigenvalue weighted by Gasteiger charge is 2.09. The van der Waals surface area contributed by atoms with Crippen LogP contribution in [0.25, 0.3) is 0 Å². The zero-order valence-corrected chi connectivity index (χ0v) is 10.4. The van der Waals surface area contributed by atoms with Gasteiger partial charge in [0.1, 0.15) is 0 Å². The molecule has 0 heterocycles. The third-order valence-electron chi connectivity index (χ3n) is 1.52. The first-order valence-corrected chi connectivity index (χ1v) is 6.01. The Morgan fingerprint density at radius 1 is 1.50 bits per heavy atom. The van der Waals surface area contributed by atoms with E-state index >= 15 is 0 Å². The molecular formula is C8H14Br2O2. The molecule has 0 amide bonds. The summed E-state index contributed by atoms with van der Waals surface area (Å²) in [6.45, 7) is 0. The number of methoxy groups -OCH3 is 1. The lowest BCUT2D eigenvalue weighted by atomic mass is 10.1. The molecule has 0 aromatic rings. The van der Waals surface area contributed by atoms with Crippen molar-refractivity contribution in [3.05, 3.63) is 0 Å². The predicted octanol–water partition coefficient (Wildman–Crippen LogP) is 2.88. The van der Waals surface area contributed by atoms with Crippen LogP contribution < -0.4 is 0 Å². The van der Waals surface area contributed by atoms with Gasteiger partial charge in [-0.1, -0.05) is 38.3 Å². The number of rotatable bonds is 6. The molecule has 0 rings (SSSR count). The zero-order chi connectivity index (χ0) is 9.40. The topological polar surface area (TPSA) is 26.3 Å². The number of carbonyl (C=O) groups is 1. The third kappa shape index (κ3) is 7.10. The molecule has 72 valence electrons. The molecule has 0 aliphatic rings. The minimum absolute atomic E-state index is 0.143. The van der Waals surface area contributed by atoms with E-state index in [2.05, 4.69) is 36.6 Å². The van der Waals surface area contributed by atoms with Crippen LogP contribution in [0.2, 0.25) is 0 Å². The summed E-state index contributed by atoms with van der Waals surface area (Å²) < 4.78 is 4.55. The number of hydrogen-bond acceptors (Lipinski definition) is 2. The largest absolute Gasteiger partial charge is 0.469 e. The Morgan fingerprint density at radius 2 is 2.17 bits per heavy atom. The van der Waals surface area contributed by atoms with Gasteiger partial charge in [0.15, 0.2) is 0 Å². The lowest BCUT2D eigenvalue weighted by Gasteiger charge is -2.06. The molecular weight excluding hydrogens is 288 g/mol. The molecule has 0 aliphatic heterocycles. The van der Waals surface area contributed by atoms with Gasteiger partial charge in [0.2, 0.25) is 0 Å². The number of esters is 1. The Bertz CT molecular complexity index is 128. The number of alkyl halides is 2. The SMILES string of the molecule is COC(=O)CC(Br)CCCCBr. The molecule has 0 spiro atoms. The summed E-state index contributed by atoms with van der Waals surface area (Å²) in [5, 5.41) is 1.03. The lowest BCUT2D eigenvalue weighted by molar-refractivity contribution is -0.140. The van der Waals surface area contributed by atoms with E-state index in [0.29, 0.717) is 6.42 Å². The summed E-state index contributed by atoms with van der Waals surface area (Å²) in [5.41, 5.74) is 0. The quantitative estimate of drug-likeness (QED) is 0.428. The maximum Gasteiger partial charge on any atom is 0.306 e. The van der Waals surface area contributed by atoms with Gasteiger partial charge in [-0.15, -0.1) is 0 Å². The number of halogens is 2. The van der Waals surface area contributed by atoms with Gasteiger partial charge in [-0.05, 0) is 12.8 Å². The van der Waals surface area contributed by atoms with Gasteiger partial charge in [0, 0.05) is 10.2 Å². The molecule has 0 saturated carbocycles. The second kappa shape index (κ2) is 8.05. The van der Waals surface area contributed by atoms with E-state index in [0.717, 1.165) is 24.6 Å². The first kappa shape index (κ1) is 12.4. The second-order valence-corrected chi connectivity index (χ2v) is 4.65. The molecule has 2 nitrogen and oxygen atoms in total. The number of carbonyl (C=O) groups excluding carboxylic acids is 1. The maximum atomic E-state index is 10.8. The van der Waals surface area contributed by atoms with Crippen LogP contribution in [0.15, 0.2) is 0 Å². The van der Waals surface area contributed by atoms with Crippen LogP contribution in [0.1, 0.15) is 25.7 Å². The van der Waals surface area contributed by atoms with Gasteiger partial charge < -0.3 is 4.74 Å². The number of ether oxygens (including phenoxy) is 1. The van der Waals surface area contributed by atoms with Crippen LogP contribution in [0, 0.1) is 0 Å². The molecule has 0 aromatic carbocycles. The van der Waals surface area contributed by atoms with Crippen molar-refractivity contribution in [2.24, 2.45) is 0 Å². The Kier molecular flexibility index (Phi) is 8.34. The first-order valence-electron chi connectivity index (χ1n) is 3.97. The maximum absolute atomic E-state index is 10.8. The molecule has 0 aromatic heterocycles. The molecule has 0 fully saturated rings. The number of unbranched alkanes of at least 4 members (excludes halogenated alkanes) is 1. The molecule has 1 atom stereocenters. The van der Waals surface area contributed by atoms with Crippen molar-refractivity contribution in [3.63, 3.8) is 0 Å². The van der Waals surface area contributed by atoms with E-state index < -0.39 is 0 Å². The predicted molar refractivity (Wildman–Crippen MR) is 57.0 cm³/mol. The minimum Gasteiger partial charge on any atom is -0.469 e. The summed E-state index contributed by atoms with van der Waals surface area (Å²) in [6, 6.07) is 0. The van der Waals surface area contributed by atoms with Crippen molar-refractivity contribution in [2.75, 3.05) is 12.4 Å². The van der Waals surface area contributed by atoms with Crippen molar-refractivity contribution in [1.82, 2.24) is 0 Å². The van der Waals surface area contributed by atoms with Gasteiger partial charge in [-0.3, -0.25) is 4.79 Å². The highest BCUT2D eigenvalue weighted by molar-refractivity contribution is 9.09. The van der Waals surface area contributed by atoms with E-state index in [1.807, 2.05) is 0 Å². The van der Waals surface area contributed by atoms with E-state index in [-0.39, 0.29) is 10.8 Å². The summed E-state index contributed by atoms with van der Waals surface area (Å²) >= 11 is 6.79. The van der Waals surface area contributed by atoms with Crippen LogP contribution in [-0.4, -0.2) is 23.2 Å². The highest BCUT2D eigenvalue weighted by atomic mass is 79.9. The summed E-state index contributed by atoms with van der Waals surface area (Å²) in [5.74, 6) is -0.143. The van der Waals surface area contributed by atoms with E-state index in [1.165, 1.54) is 7.11 Å². The first-order chi connectivity index (χ1) is 5.70. The van der Waals surface area contributed by atoms with Gasteiger partial charge in [0.25, 0.3) is 0 Å². The molecule has 0 aliphatic carbocycles. The third-order valence-corrected chi connectivity index (χ3v) is 2.86. The van der Waals surface area contributed by atoms with Gasteiger partial charge in [-0.25, -0.2) is 0 Å². The summed E-state index contributed by atoms with van der Waals surface area (Å²) in [4.78, 5) is 11.1. The van der Waals surface area contributed by atoms with Crippen molar-refractivity contribution in [1.29, 1.82) is 0 Å². The molecule has 1 unspecified atom stereocenters. The van der Waals surface area contributed by atoms with Crippen LogP contribution in [0.5, 0.6) is 0 Å². The Morgan fingerprint density at radius 3 is 2.67 bits per heavy atom. The van der Waals surface area contributed by atoms with Crippen molar-refractivity contribution >= 4 is 37.8 Å². The van der Waals surface area contributed by atoms with Crippen LogP contribution in [-0.2, 0) is 9.53 Å². The molecule has 4 heteroatoms. The minimum atomic E-state index is -0.143. The molecule has 0 radical (unpaired) electrons. The lowest BCUT2D eigenvalue weighted by Crippen LogP contribution is -2.09. The second-order valence-electron chi connectivity index (χ2n) is 2.56. The van der Waals surface area contributed by atoms with E-state index in [1.54, 1.807) is 0 Å². The van der Waals surface area contributed by atoms with E-state index in [9.17, 15) is 4.79 Å². The summed E-state index contributed by atoms with van der Waals surface area (Å²) in [7, 11) is 1.42. The molecule has 0 saturated heterocycles. The van der Waals surface area contributed by atoms with E-state index in [4.69, 9.17) is 0 Å². The molecule has 0 bridgehead atoms. The van der Waals surface area contributed by atoms with Gasteiger partial charge in [0.05, 0.1) is 13.5 Å². The van der Waals surface area contributed by atoms with Gasteiger partial charge in [-0.2, -0.15) is 0 Å². The fourth-order valence-electron chi connectivity index (χ4n) is 0.827. The monoisotopic (exact) mass is 300 g/mol. The average Bonchev–Trinajstić information content (AvgIpc) is 2.05. The fraction of sp³-hybridized carbons (Fsp3) is 0.875. The Labute approximate surface area is 90.3 Å². The van der Waals surface area contributed by atoms with Gasteiger partial charge >= 0.3 is 5.97 Å². The number of hydrogen-bond donors (Lipinski definition) is 0. The zero-order valence-electron chi connectivity index (χ0n) is 7.19. The molecule has 0 N–H and O–H groups in total. The van der Waals surface area contributed by atoms with Crippen LogP contribution in [0.3, 0.4) is 0 Å². The normalized spacial score (nSPS) is 12.6. The van der Waals surface area contributed by atoms with Crippen molar-refractivity contribution < 1.29 is 9.53 Å².